The van der Waals surface area contributed by atoms with E-state index >= 15 is 0 Å². The van der Waals surface area contributed by atoms with Crippen LogP contribution in [-0.2, 0) is 17.8 Å². The molecule has 1 aromatic carbocycles. The standard InChI is InChI=1S/C15H20N2OS/c1-16-10-15-13(11-17-6-8-18-9-7-17)12-4-2-3-5-14(12)19-15/h2-5,16H,6-11H2,1H3. The van der Waals surface area contributed by atoms with Crippen molar-refractivity contribution in [2.24, 2.45) is 0 Å². The van der Waals surface area contributed by atoms with Crippen molar-refractivity contribution in [1.29, 1.82) is 0 Å². The second-order valence-electron chi connectivity index (χ2n) is 4.92. The molecule has 1 aromatic heterocycles. The summed E-state index contributed by atoms with van der Waals surface area (Å²) in [7, 11) is 2.02. The van der Waals surface area contributed by atoms with E-state index in [9.17, 15) is 0 Å². The molecule has 3 nitrogen and oxygen atoms in total. The second-order valence-corrected chi connectivity index (χ2v) is 6.06. The number of hydrogen-bond acceptors (Lipinski definition) is 4. The molecule has 4 heteroatoms. The van der Waals surface area contributed by atoms with E-state index < -0.39 is 0 Å². The molecule has 0 amide bonds. The number of morpholine rings is 1. The maximum atomic E-state index is 5.43. The Balaban J connectivity index is 1.92. The molecule has 2 heterocycles. The Kier molecular flexibility index (Phi) is 4.13. The van der Waals surface area contributed by atoms with Crippen molar-refractivity contribution in [1.82, 2.24) is 10.2 Å². The van der Waals surface area contributed by atoms with E-state index in [1.165, 1.54) is 20.5 Å². The van der Waals surface area contributed by atoms with Gasteiger partial charge in [-0.05, 0) is 24.1 Å². The van der Waals surface area contributed by atoms with Crippen molar-refractivity contribution in [2.75, 3.05) is 33.4 Å². The number of nitrogens with zero attached hydrogens (tertiary/aromatic N) is 1. The van der Waals surface area contributed by atoms with Crippen LogP contribution in [0.2, 0.25) is 0 Å². The van der Waals surface area contributed by atoms with E-state index in [4.69, 9.17) is 4.74 Å². The maximum absolute atomic E-state index is 5.43. The Hall–Kier alpha value is -0.940. The summed E-state index contributed by atoms with van der Waals surface area (Å²) in [6.07, 6.45) is 0. The molecule has 1 aliphatic rings. The number of nitrogens with one attached hydrogen (secondary N) is 1. The Morgan fingerprint density at radius 1 is 1.26 bits per heavy atom. The lowest BCUT2D eigenvalue weighted by Crippen LogP contribution is -2.35. The van der Waals surface area contributed by atoms with Crippen LogP contribution in [-0.4, -0.2) is 38.3 Å². The average molecular weight is 276 g/mol. The predicted molar refractivity (Wildman–Crippen MR) is 80.7 cm³/mol. The first-order valence-corrected chi connectivity index (χ1v) is 7.64. The molecule has 0 spiro atoms. The highest BCUT2D eigenvalue weighted by molar-refractivity contribution is 7.19. The largest absolute Gasteiger partial charge is 0.379 e. The van der Waals surface area contributed by atoms with Crippen molar-refractivity contribution < 1.29 is 4.74 Å². The van der Waals surface area contributed by atoms with Gasteiger partial charge in [-0.15, -0.1) is 11.3 Å². The van der Waals surface area contributed by atoms with Crippen molar-refractivity contribution in [3.63, 3.8) is 0 Å². The van der Waals surface area contributed by atoms with Crippen LogP contribution in [0, 0.1) is 0 Å². The summed E-state index contributed by atoms with van der Waals surface area (Å²) in [5, 5.41) is 4.71. The molecule has 1 N–H and O–H groups in total. The summed E-state index contributed by atoms with van der Waals surface area (Å²) in [5.74, 6) is 0. The van der Waals surface area contributed by atoms with Crippen LogP contribution in [0.4, 0.5) is 0 Å². The van der Waals surface area contributed by atoms with Crippen molar-refractivity contribution in [3.05, 3.63) is 34.7 Å². The van der Waals surface area contributed by atoms with E-state index in [1.807, 2.05) is 18.4 Å². The zero-order valence-corrected chi connectivity index (χ0v) is 12.1. The molecule has 0 unspecified atom stereocenters. The molecular formula is C15H20N2OS. The van der Waals surface area contributed by atoms with Gasteiger partial charge in [-0.3, -0.25) is 4.90 Å². The summed E-state index contributed by atoms with van der Waals surface area (Å²) in [6.45, 7) is 5.82. The third-order valence-electron chi connectivity index (χ3n) is 3.60. The molecule has 0 radical (unpaired) electrons. The van der Waals surface area contributed by atoms with Crippen LogP contribution in [0.1, 0.15) is 10.4 Å². The normalized spacial score (nSPS) is 17.1. The first-order valence-electron chi connectivity index (χ1n) is 6.82. The van der Waals surface area contributed by atoms with Gasteiger partial charge in [-0.2, -0.15) is 0 Å². The summed E-state index contributed by atoms with van der Waals surface area (Å²) >= 11 is 1.92. The fraction of sp³-hybridized carbons (Fsp3) is 0.467. The molecule has 0 bridgehead atoms. The SMILES string of the molecule is CNCc1sc2ccccc2c1CN1CCOCC1. The number of ether oxygens (including phenoxy) is 1. The van der Waals surface area contributed by atoms with E-state index in [0.717, 1.165) is 39.4 Å². The minimum absolute atomic E-state index is 0.865. The van der Waals surface area contributed by atoms with E-state index in [2.05, 4.69) is 34.5 Å². The summed E-state index contributed by atoms with van der Waals surface area (Å²) < 4.78 is 6.83. The van der Waals surface area contributed by atoms with Crippen LogP contribution in [0.3, 0.4) is 0 Å². The van der Waals surface area contributed by atoms with Crippen LogP contribution in [0.25, 0.3) is 10.1 Å². The number of rotatable bonds is 4. The van der Waals surface area contributed by atoms with Gasteiger partial charge in [0, 0.05) is 35.8 Å². The Bertz CT molecular complexity index is 546. The monoisotopic (exact) mass is 276 g/mol. The second kappa shape index (κ2) is 6.01. The molecule has 19 heavy (non-hydrogen) atoms. The number of thiophene rings is 1. The van der Waals surface area contributed by atoms with Crippen LogP contribution < -0.4 is 5.32 Å². The van der Waals surface area contributed by atoms with E-state index in [0.29, 0.717) is 0 Å². The molecule has 0 atom stereocenters. The Labute approximate surface area is 118 Å². The fourth-order valence-corrected chi connectivity index (χ4v) is 3.84. The van der Waals surface area contributed by atoms with Gasteiger partial charge in [0.15, 0.2) is 0 Å². The summed E-state index contributed by atoms with van der Waals surface area (Å²) in [4.78, 5) is 3.96. The Morgan fingerprint density at radius 3 is 2.84 bits per heavy atom. The van der Waals surface area contributed by atoms with Gasteiger partial charge in [-0.25, -0.2) is 0 Å². The first kappa shape index (κ1) is 13.1. The summed E-state index contributed by atoms with van der Waals surface area (Å²) in [6, 6.07) is 8.74. The first-order chi connectivity index (χ1) is 9.38. The molecule has 0 saturated carbocycles. The third kappa shape index (κ3) is 2.82. The molecule has 3 rings (SSSR count). The van der Waals surface area contributed by atoms with Gasteiger partial charge >= 0.3 is 0 Å². The van der Waals surface area contributed by atoms with Gasteiger partial charge in [0.05, 0.1) is 13.2 Å². The minimum atomic E-state index is 0.865. The van der Waals surface area contributed by atoms with Crippen molar-refractivity contribution in [2.45, 2.75) is 13.1 Å². The lowest BCUT2D eigenvalue weighted by molar-refractivity contribution is 0.0343. The highest BCUT2D eigenvalue weighted by Gasteiger charge is 2.16. The molecule has 102 valence electrons. The molecule has 0 aliphatic carbocycles. The highest BCUT2D eigenvalue weighted by atomic mass is 32.1. The van der Waals surface area contributed by atoms with Crippen LogP contribution in [0.15, 0.2) is 24.3 Å². The molecule has 2 aromatic rings. The fourth-order valence-electron chi connectivity index (χ4n) is 2.61. The summed E-state index contributed by atoms with van der Waals surface area (Å²) in [5.41, 5.74) is 1.50. The number of hydrogen-bond donors (Lipinski definition) is 1. The average Bonchev–Trinajstić information content (AvgIpc) is 2.79. The lowest BCUT2D eigenvalue weighted by Gasteiger charge is -2.26. The highest BCUT2D eigenvalue weighted by Crippen LogP contribution is 2.32. The van der Waals surface area contributed by atoms with Gasteiger partial charge in [0.2, 0.25) is 0 Å². The smallest absolute Gasteiger partial charge is 0.0594 e. The Morgan fingerprint density at radius 2 is 2.05 bits per heavy atom. The van der Waals surface area contributed by atoms with Crippen molar-refractivity contribution in [3.8, 4) is 0 Å². The van der Waals surface area contributed by atoms with E-state index in [-0.39, 0.29) is 0 Å². The topological polar surface area (TPSA) is 24.5 Å². The minimum Gasteiger partial charge on any atom is -0.379 e. The van der Waals surface area contributed by atoms with E-state index in [1.54, 1.807) is 0 Å². The molecular weight excluding hydrogens is 256 g/mol. The molecule has 1 fully saturated rings. The number of fused-ring (bicyclic) bond motifs is 1. The lowest BCUT2D eigenvalue weighted by atomic mass is 10.1. The predicted octanol–water partition coefficient (Wildman–Crippen LogP) is 2.45. The van der Waals surface area contributed by atoms with Gasteiger partial charge in [-0.1, -0.05) is 18.2 Å². The molecule has 1 saturated heterocycles. The van der Waals surface area contributed by atoms with Crippen LogP contribution in [0.5, 0.6) is 0 Å². The van der Waals surface area contributed by atoms with Gasteiger partial charge < -0.3 is 10.1 Å². The quantitative estimate of drug-likeness (QED) is 0.928. The maximum Gasteiger partial charge on any atom is 0.0594 e. The zero-order valence-electron chi connectivity index (χ0n) is 11.3. The zero-order chi connectivity index (χ0) is 13.1. The van der Waals surface area contributed by atoms with Gasteiger partial charge in [0.25, 0.3) is 0 Å². The van der Waals surface area contributed by atoms with Crippen molar-refractivity contribution >= 4 is 21.4 Å². The third-order valence-corrected chi connectivity index (χ3v) is 4.82. The van der Waals surface area contributed by atoms with Crippen LogP contribution >= 0.6 is 11.3 Å². The molecule has 1 aliphatic heterocycles. The number of benzene rings is 1. The van der Waals surface area contributed by atoms with Gasteiger partial charge in [0.1, 0.15) is 0 Å².